The molecule has 1 aliphatic heterocycles. The summed E-state index contributed by atoms with van der Waals surface area (Å²) in [6.45, 7) is 2.24. The Kier molecular flexibility index (Phi) is 3.64. The van der Waals surface area contributed by atoms with Gasteiger partial charge in [-0.1, -0.05) is 0 Å². The molecule has 7 nitrogen and oxygen atoms in total. The Morgan fingerprint density at radius 1 is 1.14 bits per heavy atom. The summed E-state index contributed by atoms with van der Waals surface area (Å²) in [5, 5.41) is 15.7. The van der Waals surface area contributed by atoms with Crippen LogP contribution in [0.15, 0.2) is 0 Å². The number of hydrogen-bond donors (Lipinski definition) is 1. The van der Waals surface area contributed by atoms with Crippen LogP contribution < -0.4 is 5.32 Å². The fraction of sp³-hybridized carbons (Fsp3) is 0.929. The van der Waals surface area contributed by atoms with Crippen LogP contribution in [0.2, 0.25) is 0 Å². The number of rotatable bonds is 4. The van der Waals surface area contributed by atoms with E-state index in [4.69, 9.17) is 9.47 Å². The van der Waals surface area contributed by atoms with Crippen LogP contribution >= 0.6 is 0 Å². The number of nitrogens with one attached hydrogen (secondary N) is 1. The Morgan fingerprint density at radius 2 is 2.00 bits per heavy atom. The summed E-state index contributed by atoms with van der Waals surface area (Å²) in [6, 6.07) is 1.04. The minimum absolute atomic E-state index is 0.286. The molecule has 1 aromatic heterocycles. The first kappa shape index (κ1) is 13.6. The van der Waals surface area contributed by atoms with Crippen LogP contribution in [-0.2, 0) is 16.0 Å². The van der Waals surface area contributed by atoms with E-state index in [0.717, 1.165) is 51.3 Å². The van der Waals surface area contributed by atoms with Crippen LogP contribution in [-0.4, -0.2) is 45.2 Å². The van der Waals surface area contributed by atoms with E-state index in [1.165, 1.54) is 19.3 Å². The Balaban J connectivity index is 1.31. The molecule has 4 rings (SSSR count). The predicted octanol–water partition coefficient (Wildman–Crippen LogP) is 1.17. The lowest BCUT2D eigenvalue weighted by molar-refractivity contribution is -0.165. The molecular formula is C14H23N5O2. The van der Waals surface area contributed by atoms with E-state index in [2.05, 4.69) is 20.8 Å². The monoisotopic (exact) mass is 293 g/mol. The van der Waals surface area contributed by atoms with Gasteiger partial charge in [-0.3, -0.25) is 0 Å². The zero-order valence-corrected chi connectivity index (χ0v) is 12.3. The van der Waals surface area contributed by atoms with Crippen molar-refractivity contribution in [3.8, 4) is 0 Å². The summed E-state index contributed by atoms with van der Waals surface area (Å²) in [7, 11) is 0. The van der Waals surface area contributed by atoms with Gasteiger partial charge in [0.05, 0.1) is 25.8 Å². The molecule has 2 heterocycles. The van der Waals surface area contributed by atoms with Crippen molar-refractivity contribution < 1.29 is 9.47 Å². The van der Waals surface area contributed by atoms with Gasteiger partial charge in [0, 0.05) is 18.9 Å². The van der Waals surface area contributed by atoms with Crippen LogP contribution in [0.1, 0.15) is 56.8 Å². The maximum Gasteiger partial charge on any atom is 0.168 e. The summed E-state index contributed by atoms with van der Waals surface area (Å²) in [5.41, 5.74) is 0. The van der Waals surface area contributed by atoms with E-state index in [9.17, 15) is 0 Å². The molecule has 2 aliphatic carbocycles. The molecule has 21 heavy (non-hydrogen) atoms. The summed E-state index contributed by atoms with van der Waals surface area (Å²) in [6.07, 6.45) is 7.82. The van der Waals surface area contributed by atoms with Gasteiger partial charge in [0.2, 0.25) is 0 Å². The normalized spacial score (nSPS) is 28.9. The fourth-order valence-corrected chi connectivity index (χ4v) is 3.44. The molecule has 3 fully saturated rings. The van der Waals surface area contributed by atoms with Crippen molar-refractivity contribution in [1.29, 1.82) is 0 Å². The summed E-state index contributed by atoms with van der Waals surface area (Å²) >= 11 is 0. The van der Waals surface area contributed by atoms with Crippen LogP contribution in [0.4, 0.5) is 0 Å². The van der Waals surface area contributed by atoms with Crippen molar-refractivity contribution in [3.05, 3.63) is 5.82 Å². The highest BCUT2D eigenvalue weighted by molar-refractivity contribution is 4.91. The average Bonchev–Trinajstić information content (AvgIpc) is 3.11. The number of hydrogen-bond acceptors (Lipinski definition) is 6. The van der Waals surface area contributed by atoms with E-state index in [-0.39, 0.29) is 5.79 Å². The maximum absolute atomic E-state index is 5.83. The van der Waals surface area contributed by atoms with Gasteiger partial charge in [-0.25, -0.2) is 4.68 Å². The van der Waals surface area contributed by atoms with Crippen LogP contribution in [0.5, 0.6) is 0 Å². The van der Waals surface area contributed by atoms with Crippen molar-refractivity contribution in [2.45, 2.75) is 69.4 Å². The quantitative estimate of drug-likeness (QED) is 0.898. The largest absolute Gasteiger partial charge is 0.348 e. The zero-order chi connectivity index (χ0) is 14.1. The second kappa shape index (κ2) is 5.62. The van der Waals surface area contributed by atoms with Crippen molar-refractivity contribution in [2.75, 3.05) is 13.2 Å². The SMILES string of the molecule is C1CC(NCc2nnnn2C2CC2)CCC2(C1)OCCO2. The van der Waals surface area contributed by atoms with Gasteiger partial charge in [-0.05, 0) is 42.5 Å². The number of nitrogens with zero attached hydrogens (tertiary/aromatic N) is 4. The van der Waals surface area contributed by atoms with Gasteiger partial charge in [-0.15, -0.1) is 5.10 Å². The third-order valence-electron chi connectivity index (χ3n) is 4.80. The molecule has 1 aromatic rings. The summed E-state index contributed by atoms with van der Waals surface area (Å²) in [5.74, 6) is 0.677. The summed E-state index contributed by atoms with van der Waals surface area (Å²) < 4.78 is 13.6. The number of tetrazole rings is 1. The van der Waals surface area contributed by atoms with Crippen LogP contribution in [0.3, 0.4) is 0 Å². The molecule has 7 heteroatoms. The van der Waals surface area contributed by atoms with Gasteiger partial charge < -0.3 is 14.8 Å². The van der Waals surface area contributed by atoms with E-state index < -0.39 is 0 Å². The fourth-order valence-electron chi connectivity index (χ4n) is 3.44. The molecule has 1 spiro atoms. The maximum atomic E-state index is 5.83. The van der Waals surface area contributed by atoms with Crippen molar-refractivity contribution >= 4 is 0 Å². The lowest BCUT2D eigenvalue weighted by atomic mass is 10.1. The molecule has 1 N–H and O–H groups in total. The van der Waals surface area contributed by atoms with Gasteiger partial charge >= 0.3 is 0 Å². The topological polar surface area (TPSA) is 74.1 Å². The smallest absolute Gasteiger partial charge is 0.168 e. The van der Waals surface area contributed by atoms with Gasteiger partial charge in [0.25, 0.3) is 0 Å². The molecule has 0 aromatic carbocycles. The minimum Gasteiger partial charge on any atom is -0.348 e. The van der Waals surface area contributed by atoms with Crippen molar-refractivity contribution in [2.24, 2.45) is 0 Å². The molecule has 2 saturated carbocycles. The lowest BCUT2D eigenvalue weighted by Crippen LogP contribution is -2.32. The Morgan fingerprint density at radius 3 is 2.81 bits per heavy atom. The highest BCUT2D eigenvalue weighted by Crippen LogP contribution is 2.35. The Bertz CT molecular complexity index is 481. The second-order valence-electron chi connectivity index (χ2n) is 6.39. The van der Waals surface area contributed by atoms with Crippen molar-refractivity contribution in [3.63, 3.8) is 0 Å². The van der Waals surface area contributed by atoms with Crippen LogP contribution in [0.25, 0.3) is 0 Å². The second-order valence-corrected chi connectivity index (χ2v) is 6.39. The van der Waals surface area contributed by atoms with E-state index in [1.54, 1.807) is 0 Å². The van der Waals surface area contributed by atoms with E-state index in [0.29, 0.717) is 12.1 Å². The third kappa shape index (κ3) is 2.95. The standard InChI is InChI=1S/C14H23N5O2/c1-2-11(5-7-14(6-1)20-8-9-21-14)15-10-13-16-17-18-19(13)12-3-4-12/h11-12,15H,1-10H2. The zero-order valence-electron chi connectivity index (χ0n) is 12.3. The first-order chi connectivity index (χ1) is 10.3. The molecule has 0 amide bonds. The Labute approximate surface area is 124 Å². The highest BCUT2D eigenvalue weighted by atomic mass is 16.7. The molecule has 0 bridgehead atoms. The first-order valence-electron chi connectivity index (χ1n) is 8.13. The molecule has 1 saturated heterocycles. The molecule has 1 unspecified atom stereocenters. The van der Waals surface area contributed by atoms with E-state index >= 15 is 0 Å². The van der Waals surface area contributed by atoms with Gasteiger partial charge in [0.15, 0.2) is 11.6 Å². The van der Waals surface area contributed by atoms with Gasteiger partial charge in [-0.2, -0.15) is 0 Å². The number of ether oxygens (including phenoxy) is 2. The molecule has 116 valence electrons. The predicted molar refractivity (Wildman–Crippen MR) is 74.4 cm³/mol. The molecule has 3 aliphatic rings. The third-order valence-corrected chi connectivity index (χ3v) is 4.80. The minimum atomic E-state index is -0.286. The van der Waals surface area contributed by atoms with Crippen LogP contribution in [0, 0.1) is 0 Å². The summed E-state index contributed by atoms with van der Waals surface area (Å²) in [4.78, 5) is 0. The molecular weight excluding hydrogens is 270 g/mol. The van der Waals surface area contributed by atoms with E-state index in [1.807, 2.05) is 4.68 Å². The Hall–Kier alpha value is -1.05. The lowest BCUT2D eigenvalue weighted by Gasteiger charge is -2.25. The van der Waals surface area contributed by atoms with Gasteiger partial charge in [0.1, 0.15) is 0 Å². The average molecular weight is 293 g/mol. The first-order valence-corrected chi connectivity index (χ1v) is 8.13. The molecule has 0 radical (unpaired) electrons. The molecule has 1 atom stereocenters. The highest BCUT2D eigenvalue weighted by Gasteiger charge is 2.38. The number of aromatic nitrogens is 4. The van der Waals surface area contributed by atoms with Crippen molar-refractivity contribution in [1.82, 2.24) is 25.5 Å².